The van der Waals surface area contributed by atoms with E-state index in [4.69, 9.17) is 0 Å². The third-order valence-electron chi connectivity index (χ3n) is 5.27. The number of aryl methyl sites for hydroxylation is 1. The lowest BCUT2D eigenvalue weighted by Gasteiger charge is -2.33. The van der Waals surface area contributed by atoms with E-state index in [-0.39, 0.29) is 5.91 Å². The molecule has 1 aliphatic heterocycles. The number of likely N-dealkylation sites (tertiary alicyclic amines) is 1. The zero-order valence-corrected chi connectivity index (χ0v) is 15.9. The highest BCUT2D eigenvalue weighted by Crippen LogP contribution is 2.26. The number of piperidine rings is 1. The topological polar surface area (TPSA) is 50.2 Å². The molecule has 0 saturated carbocycles. The van der Waals surface area contributed by atoms with Crippen molar-refractivity contribution >= 4 is 5.91 Å². The molecule has 2 aromatic rings. The fraction of sp³-hybridized carbons (Fsp3) is 0.524. The van der Waals surface area contributed by atoms with Crippen LogP contribution < -0.4 is 5.32 Å². The fourth-order valence-electron chi connectivity index (χ4n) is 3.79. The predicted molar refractivity (Wildman–Crippen MR) is 104 cm³/mol. The SMILES string of the molecule is CCCn1ncc(C(=O)NCCN2CCC[C@@H](c3ccccc3)C2)c1C. The van der Waals surface area contributed by atoms with Crippen molar-refractivity contribution in [3.8, 4) is 0 Å². The first-order valence-electron chi connectivity index (χ1n) is 9.77. The van der Waals surface area contributed by atoms with Gasteiger partial charge in [-0.3, -0.25) is 9.48 Å². The smallest absolute Gasteiger partial charge is 0.254 e. The van der Waals surface area contributed by atoms with Crippen LogP contribution in [0.2, 0.25) is 0 Å². The molecular weight excluding hydrogens is 324 g/mol. The van der Waals surface area contributed by atoms with Crippen LogP contribution in [0, 0.1) is 6.92 Å². The molecule has 1 fully saturated rings. The highest BCUT2D eigenvalue weighted by Gasteiger charge is 2.21. The van der Waals surface area contributed by atoms with Crippen molar-refractivity contribution in [1.82, 2.24) is 20.0 Å². The van der Waals surface area contributed by atoms with Crippen LogP contribution in [0.15, 0.2) is 36.5 Å². The van der Waals surface area contributed by atoms with E-state index in [0.717, 1.165) is 38.3 Å². The van der Waals surface area contributed by atoms with Gasteiger partial charge in [0.25, 0.3) is 5.91 Å². The van der Waals surface area contributed by atoms with Gasteiger partial charge in [-0.25, -0.2) is 0 Å². The molecule has 1 N–H and O–H groups in total. The van der Waals surface area contributed by atoms with Crippen LogP contribution in [-0.4, -0.2) is 46.8 Å². The Bertz CT molecular complexity index is 710. The number of carbonyl (C=O) groups is 1. The van der Waals surface area contributed by atoms with Gasteiger partial charge in [0.2, 0.25) is 0 Å². The number of rotatable bonds is 7. The molecule has 5 heteroatoms. The second-order valence-electron chi connectivity index (χ2n) is 7.17. The van der Waals surface area contributed by atoms with Gasteiger partial charge in [0.1, 0.15) is 0 Å². The van der Waals surface area contributed by atoms with Crippen LogP contribution in [0.5, 0.6) is 0 Å². The summed E-state index contributed by atoms with van der Waals surface area (Å²) in [5, 5.41) is 7.38. The summed E-state index contributed by atoms with van der Waals surface area (Å²) in [5.41, 5.74) is 3.07. The van der Waals surface area contributed by atoms with E-state index in [9.17, 15) is 4.79 Å². The third kappa shape index (κ3) is 4.52. The molecule has 1 aliphatic rings. The molecule has 1 aromatic heterocycles. The number of benzene rings is 1. The van der Waals surface area contributed by atoms with Gasteiger partial charge in [0, 0.05) is 31.9 Å². The average molecular weight is 354 g/mol. The van der Waals surface area contributed by atoms with Crippen molar-refractivity contribution < 1.29 is 4.79 Å². The molecule has 0 unspecified atom stereocenters. The second-order valence-corrected chi connectivity index (χ2v) is 7.17. The number of aromatic nitrogens is 2. The Morgan fingerprint density at radius 2 is 2.08 bits per heavy atom. The lowest BCUT2D eigenvalue weighted by atomic mass is 9.91. The normalized spacial score (nSPS) is 18.0. The quantitative estimate of drug-likeness (QED) is 0.831. The number of hydrogen-bond donors (Lipinski definition) is 1. The maximum Gasteiger partial charge on any atom is 0.254 e. The summed E-state index contributed by atoms with van der Waals surface area (Å²) in [4.78, 5) is 14.9. The number of carbonyl (C=O) groups excluding carboxylic acids is 1. The average Bonchev–Trinajstić information content (AvgIpc) is 3.04. The molecule has 1 aromatic carbocycles. The van der Waals surface area contributed by atoms with E-state index in [1.165, 1.54) is 18.4 Å². The molecule has 0 bridgehead atoms. The molecule has 26 heavy (non-hydrogen) atoms. The summed E-state index contributed by atoms with van der Waals surface area (Å²) in [6.45, 7) is 8.71. The number of nitrogens with zero attached hydrogens (tertiary/aromatic N) is 3. The Morgan fingerprint density at radius 3 is 2.85 bits per heavy atom. The van der Waals surface area contributed by atoms with Gasteiger partial charge >= 0.3 is 0 Å². The maximum atomic E-state index is 12.4. The number of nitrogens with one attached hydrogen (secondary N) is 1. The lowest BCUT2D eigenvalue weighted by Crippen LogP contribution is -2.40. The predicted octanol–water partition coefficient (Wildman–Crippen LogP) is 3.21. The van der Waals surface area contributed by atoms with E-state index in [1.807, 2.05) is 11.6 Å². The Labute approximate surface area is 156 Å². The Hall–Kier alpha value is -2.14. The standard InChI is InChI=1S/C21H30N4O/c1-3-12-25-17(2)20(15-23-25)21(26)22-11-14-24-13-7-10-19(16-24)18-8-5-4-6-9-18/h4-6,8-9,15,19H,3,7,10-14,16H2,1-2H3,(H,22,26)/t19-/m1/s1. The highest BCUT2D eigenvalue weighted by atomic mass is 16.1. The van der Waals surface area contributed by atoms with Crippen molar-refractivity contribution in [1.29, 1.82) is 0 Å². The van der Waals surface area contributed by atoms with Gasteiger partial charge in [-0.05, 0) is 44.2 Å². The molecule has 3 rings (SSSR count). The summed E-state index contributed by atoms with van der Waals surface area (Å²) in [6.07, 6.45) is 5.17. The highest BCUT2D eigenvalue weighted by molar-refractivity contribution is 5.95. The summed E-state index contributed by atoms with van der Waals surface area (Å²) in [6, 6.07) is 10.8. The van der Waals surface area contributed by atoms with Gasteiger partial charge in [0.05, 0.1) is 11.8 Å². The lowest BCUT2D eigenvalue weighted by molar-refractivity contribution is 0.0944. The van der Waals surface area contributed by atoms with Gasteiger partial charge < -0.3 is 10.2 Å². The third-order valence-corrected chi connectivity index (χ3v) is 5.27. The van der Waals surface area contributed by atoms with Crippen molar-refractivity contribution in [2.45, 2.75) is 45.6 Å². The summed E-state index contributed by atoms with van der Waals surface area (Å²) in [7, 11) is 0. The largest absolute Gasteiger partial charge is 0.351 e. The molecule has 1 saturated heterocycles. The van der Waals surface area contributed by atoms with Crippen molar-refractivity contribution in [2.24, 2.45) is 0 Å². The monoisotopic (exact) mass is 354 g/mol. The molecule has 2 heterocycles. The van der Waals surface area contributed by atoms with Crippen LogP contribution in [-0.2, 0) is 6.54 Å². The van der Waals surface area contributed by atoms with E-state index < -0.39 is 0 Å². The van der Waals surface area contributed by atoms with Crippen molar-refractivity contribution in [3.63, 3.8) is 0 Å². The summed E-state index contributed by atoms with van der Waals surface area (Å²) >= 11 is 0. The van der Waals surface area contributed by atoms with Crippen LogP contribution in [0.1, 0.15) is 53.7 Å². The van der Waals surface area contributed by atoms with E-state index in [1.54, 1.807) is 6.20 Å². The minimum Gasteiger partial charge on any atom is -0.351 e. The van der Waals surface area contributed by atoms with E-state index in [0.29, 0.717) is 18.0 Å². The first-order valence-corrected chi connectivity index (χ1v) is 9.77. The first kappa shape index (κ1) is 18.6. The van der Waals surface area contributed by atoms with E-state index in [2.05, 4.69) is 52.6 Å². The van der Waals surface area contributed by atoms with Gasteiger partial charge in [-0.1, -0.05) is 37.3 Å². The molecule has 1 amide bonds. The summed E-state index contributed by atoms with van der Waals surface area (Å²) in [5.74, 6) is 0.594. The Balaban J connectivity index is 1.48. The molecule has 1 atom stereocenters. The van der Waals surface area contributed by atoms with E-state index >= 15 is 0 Å². The maximum absolute atomic E-state index is 12.4. The van der Waals surface area contributed by atoms with Crippen LogP contribution in [0.3, 0.4) is 0 Å². The van der Waals surface area contributed by atoms with Crippen LogP contribution in [0.25, 0.3) is 0 Å². The minimum atomic E-state index is -0.0125. The number of amides is 1. The fourth-order valence-corrected chi connectivity index (χ4v) is 3.79. The molecule has 5 nitrogen and oxygen atoms in total. The zero-order valence-electron chi connectivity index (χ0n) is 15.9. The Kier molecular flexibility index (Phi) is 6.45. The van der Waals surface area contributed by atoms with Crippen molar-refractivity contribution in [2.75, 3.05) is 26.2 Å². The molecule has 0 aliphatic carbocycles. The van der Waals surface area contributed by atoms with Gasteiger partial charge in [-0.15, -0.1) is 0 Å². The van der Waals surface area contributed by atoms with Crippen molar-refractivity contribution in [3.05, 3.63) is 53.3 Å². The molecule has 0 spiro atoms. The summed E-state index contributed by atoms with van der Waals surface area (Å²) < 4.78 is 1.91. The first-order chi connectivity index (χ1) is 12.7. The van der Waals surface area contributed by atoms with Crippen LogP contribution >= 0.6 is 0 Å². The molecular formula is C21H30N4O. The Morgan fingerprint density at radius 1 is 1.27 bits per heavy atom. The van der Waals surface area contributed by atoms with Gasteiger partial charge in [0.15, 0.2) is 0 Å². The van der Waals surface area contributed by atoms with Crippen LogP contribution in [0.4, 0.5) is 0 Å². The zero-order chi connectivity index (χ0) is 18.4. The van der Waals surface area contributed by atoms with Gasteiger partial charge in [-0.2, -0.15) is 5.10 Å². The minimum absolute atomic E-state index is 0.0125. The molecule has 0 radical (unpaired) electrons. The molecule has 140 valence electrons. The number of hydrogen-bond acceptors (Lipinski definition) is 3. The second kappa shape index (κ2) is 8.99.